The minimum Gasteiger partial charge on any atom is -0.358 e. The van der Waals surface area contributed by atoms with Crippen LogP contribution in [0.2, 0.25) is 0 Å². The van der Waals surface area contributed by atoms with Crippen LogP contribution in [0.5, 0.6) is 0 Å². The van der Waals surface area contributed by atoms with Crippen molar-refractivity contribution in [3.63, 3.8) is 0 Å². The van der Waals surface area contributed by atoms with Crippen molar-refractivity contribution in [1.82, 2.24) is 15.6 Å². The van der Waals surface area contributed by atoms with E-state index >= 15 is 0 Å². The highest BCUT2D eigenvalue weighted by Crippen LogP contribution is 2.45. The number of amides is 2. The molecule has 1 fully saturated rings. The lowest BCUT2D eigenvalue weighted by molar-refractivity contribution is -0.137. The fourth-order valence-electron chi connectivity index (χ4n) is 4.39. The summed E-state index contributed by atoms with van der Waals surface area (Å²) < 4.78 is 41.9. The third-order valence-corrected chi connectivity index (χ3v) is 6.10. The van der Waals surface area contributed by atoms with E-state index in [-0.39, 0.29) is 23.9 Å². The molecule has 1 aromatic heterocycles. The predicted molar refractivity (Wildman–Crippen MR) is 116 cm³/mol. The molecule has 1 heterocycles. The molecule has 0 saturated heterocycles. The number of fused-ring (bicyclic) bond motifs is 1. The molecule has 3 aromatic rings. The van der Waals surface area contributed by atoms with Gasteiger partial charge < -0.3 is 20.4 Å². The number of aromatic nitrogens is 1. The van der Waals surface area contributed by atoms with Gasteiger partial charge in [0.1, 0.15) is 29.7 Å². The van der Waals surface area contributed by atoms with Crippen LogP contribution in [0.15, 0.2) is 36.4 Å². The molecule has 1 aliphatic carbocycles. The maximum atomic E-state index is 14.5. The van der Waals surface area contributed by atoms with Crippen molar-refractivity contribution in [3.05, 3.63) is 59.4 Å². The molecule has 0 bridgehead atoms. The van der Waals surface area contributed by atoms with E-state index in [2.05, 4.69) is 15.6 Å². The highest BCUT2D eigenvalue weighted by Gasteiger charge is 2.37. The molecular formula is C24H22F3N3O3. The van der Waals surface area contributed by atoms with Crippen LogP contribution in [-0.2, 0) is 14.4 Å². The Hall–Kier alpha value is -3.62. The summed E-state index contributed by atoms with van der Waals surface area (Å²) in [7, 11) is 1.39. The lowest BCUT2D eigenvalue weighted by Crippen LogP contribution is -2.48. The number of H-pyrrole nitrogens is 1. The first-order valence-corrected chi connectivity index (χ1v) is 10.5. The van der Waals surface area contributed by atoms with Gasteiger partial charge in [-0.25, -0.2) is 13.2 Å². The molecular weight excluding hydrogens is 435 g/mol. The lowest BCUT2D eigenvalue weighted by atomic mass is 9.74. The first-order chi connectivity index (χ1) is 15.8. The van der Waals surface area contributed by atoms with Crippen LogP contribution in [0.4, 0.5) is 13.2 Å². The molecule has 4 rings (SSSR count). The number of benzene rings is 2. The van der Waals surface area contributed by atoms with Crippen LogP contribution < -0.4 is 10.6 Å². The lowest BCUT2D eigenvalue weighted by Gasteiger charge is -2.37. The van der Waals surface area contributed by atoms with Gasteiger partial charge in [0.15, 0.2) is 0 Å². The second-order valence-corrected chi connectivity index (χ2v) is 8.17. The van der Waals surface area contributed by atoms with Crippen LogP contribution >= 0.6 is 0 Å². The summed E-state index contributed by atoms with van der Waals surface area (Å²) in [6, 6.07) is 7.49. The molecule has 3 N–H and O–H groups in total. The Bertz CT molecular complexity index is 1220. The number of hydrogen-bond acceptors (Lipinski definition) is 3. The summed E-state index contributed by atoms with van der Waals surface area (Å²) in [5, 5.41) is 5.54. The molecule has 1 unspecified atom stereocenters. The van der Waals surface area contributed by atoms with Crippen molar-refractivity contribution in [1.29, 1.82) is 0 Å². The summed E-state index contributed by atoms with van der Waals surface area (Å²) in [6.07, 6.45) is 1.25. The third-order valence-electron chi connectivity index (χ3n) is 6.10. The van der Waals surface area contributed by atoms with E-state index in [0.29, 0.717) is 41.3 Å². The predicted octanol–water partition coefficient (Wildman–Crippen LogP) is 3.57. The molecule has 1 aliphatic rings. The van der Waals surface area contributed by atoms with Gasteiger partial charge in [-0.2, -0.15) is 0 Å². The SMILES string of the molecule is CNC(=O)C(CC=O)C(=O)NC1CC(c2c(-c3ccc(F)cc3)[nH]c3c(F)cc(F)cc23)C1. The molecule has 2 amide bonds. The number of halogens is 3. The maximum absolute atomic E-state index is 14.5. The second-order valence-electron chi connectivity index (χ2n) is 8.17. The number of aldehydes is 1. The summed E-state index contributed by atoms with van der Waals surface area (Å²) in [5.41, 5.74) is 2.04. The van der Waals surface area contributed by atoms with Crippen LogP contribution in [0.3, 0.4) is 0 Å². The Kier molecular flexibility index (Phi) is 6.22. The fourth-order valence-corrected chi connectivity index (χ4v) is 4.39. The Morgan fingerprint density at radius 3 is 2.42 bits per heavy atom. The molecule has 9 heteroatoms. The van der Waals surface area contributed by atoms with Gasteiger partial charge in [-0.15, -0.1) is 0 Å². The van der Waals surface area contributed by atoms with Crippen molar-refractivity contribution in [2.45, 2.75) is 31.2 Å². The van der Waals surface area contributed by atoms with E-state index in [0.717, 1.165) is 6.07 Å². The number of aromatic amines is 1. The first-order valence-electron chi connectivity index (χ1n) is 10.5. The van der Waals surface area contributed by atoms with Gasteiger partial charge in [0.2, 0.25) is 11.8 Å². The van der Waals surface area contributed by atoms with Gasteiger partial charge in [-0.1, -0.05) is 0 Å². The molecule has 33 heavy (non-hydrogen) atoms. The van der Waals surface area contributed by atoms with E-state index in [1.807, 2.05) is 0 Å². The zero-order valence-electron chi connectivity index (χ0n) is 17.8. The molecule has 0 spiro atoms. The molecule has 0 radical (unpaired) electrons. The van der Waals surface area contributed by atoms with E-state index < -0.39 is 35.2 Å². The summed E-state index contributed by atoms with van der Waals surface area (Å²) in [4.78, 5) is 38.2. The smallest absolute Gasteiger partial charge is 0.233 e. The third kappa shape index (κ3) is 4.35. The van der Waals surface area contributed by atoms with Gasteiger partial charge in [0.05, 0.1) is 11.2 Å². The molecule has 1 saturated carbocycles. The minimum atomic E-state index is -1.11. The monoisotopic (exact) mass is 457 g/mol. The van der Waals surface area contributed by atoms with Gasteiger partial charge >= 0.3 is 0 Å². The Morgan fingerprint density at radius 2 is 1.79 bits per heavy atom. The summed E-state index contributed by atoms with van der Waals surface area (Å²) in [5.74, 6) is -4.19. The van der Waals surface area contributed by atoms with Crippen LogP contribution in [0, 0.1) is 23.4 Å². The van der Waals surface area contributed by atoms with E-state index in [9.17, 15) is 27.6 Å². The number of carbonyl (C=O) groups is 3. The Labute approximate surface area is 187 Å². The average Bonchev–Trinajstić information content (AvgIpc) is 3.13. The second kappa shape index (κ2) is 9.09. The standard InChI is InChI=1S/C24H22F3N3O3/c1-28-23(32)17(6-7-31)24(33)29-16-8-13(9-16)20-18-10-15(26)11-19(27)22(18)30-21(20)12-2-4-14(25)5-3-12/h2-5,7,10-11,13,16-17,30H,6,8-9H2,1H3,(H,28,32)(H,29,33). The normalized spacial score (nSPS) is 18.4. The Balaban J connectivity index is 1.61. The van der Waals surface area contributed by atoms with Crippen molar-refractivity contribution in [2.24, 2.45) is 5.92 Å². The Morgan fingerprint density at radius 1 is 1.09 bits per heavy atom. The topological polar surface area (TPSA) is 91.1 Å². The first kappa shape index (κ1) is 22.6. The van der Waals surface area contributed by atoms with Gasteiger partial charge in [0, 0.05) is 31.0 Å². The quantitative estimate of drug-likeness (QED) is 0.374. The van der Waals surface area contributed by atoms with Gasteiger partial charge in [-0.3, -0.25) is 9.59 Å². The van der Waals surface area contributed by atoms with Crippen LogP contribution in [0.25, 0.3) is 22.2 Å². The van der Waals surface area contributed by atoms with Crippen LogP contribution in [0.1, 0.15) is 30.7 Å². The van der Waals surface area contributed by atoms with Gasteiger partial charge in [-0.05, 0) is 60.2 Å². The van der Waals surface area contributed by atoms with Crippen molar-refractivity contribution >= 4 is 29.0 Å². The molecule has 2 aromatic carbocycles. The largest absolute Gasteiger partial charge is 0.358 e. The van der Waals surface area contributed by atoms with Crippen LogP contribution in [-0.4, -0.2) is 36.2 Å². The number of rotatable bonds is 7. The van der Waals surface area contributed by atoms with E-state index in [1.165, 1.54) is 25.2 Å². The maximum Gasteiger partial charge on any atom is 0.233 e. The van der Waals surface area contributed by atoms with Crippen molar-refractivity contribution in [2.75, 3.05) is 7.05 Å². The molecule has 6 nitrogen and oxygen atoms in total. The fraction of sp³-hybridized carbons (Fsp3) is 0.292. The minimum absolute atomic E-state index is 0.130. The highest BCUT2D eigenvalue weighted by atomic mass is 19.1. The molecule has 1 atom stereocenters. The molecule has 172 valence electrons. The summed E-state index contributed by atoms with van der Waals surface area (Å²) >= 11 is 0. The summed E-state index contributed by atoms with van der Waals surface area (Å²) in [6.45, 7) is 0. The number of nitrogens with one attached hydrogen (secondary N) is 3. The van der Waals surface area contributed by atoms with Crippen molar-refractivity contribution < 1.29 is 27.6 Å². The zero-order valence-corrected chi connectivity index (χ0v) is 17.8. The zero-order chi connectivity index (χ0) is 23.7. The van der Waals surface area contributed by atoms with Crippen molar-refractivity contribution in [3.8, 4) is 11.3 Å². The van der Waals surface area contributed by atoms with Gasteiger partial charge in [0.25, 0.3) is 0 Å². The van der Waals surface area contributed by atoms with E-state index in [1.54, 1.807) is 12.1 Å². The number of hydrogen-bond donors (Lipinski definition) is 3. The molecule has 0 aliphatic heterocycles. The number of carbonyl (C=O) groups excluding carboxylic acids is 3. The average molecular weight is 457 g/mol. The highest BCUT2D eigenvalue weighted by molar-refractivity contribution is 6.02. The van der Waals surface area contributed by atoms with E-state index in [4.69, 9.17) is 0 Å².